The number of aryl methyl sites for hydroxylation is 2. The maximum Gasteiger partial charge on any atom is 0.339 e. The van der Waals surface area contributed by atoms with E-state index < -0.39 is 11.9 Å². The zero-order chi connectivity index (χ0) is 19.3. The molecule has 0 unspecified atom stereocenters. The van der Waals surface area contributed by atoms with E-state index in [9.17, 15) is 14.4 Å². The van der Waals surface area contributed by atoms with Gasteiger partial charge in [-0.05, 0) is 49.2 Å². The van der Waals surface area contributed by atoms with Gasteiger partial charge in [0.1, 0.15) is 6.54 Å². The lowest BCUT2D eigenvalue weighted by Gasteiger charge is -2.22. The Morgan fingerprint density at radius 3 is 2.23 bits per heavy atom. The summed E-state index contributed by atoms with van der Waals surface area (Å²) in [5, 5.41) is 2.68. The molecule has 0 aliphatic rings. The van der Waals surface area contributed by atoms with E-state index in [0.717, 1.165) is 11.1 Å². The number of carbonyl (C=O) groups is 3. The monoisotopic (exact) mass is 354 g/mol. The molecule has 0 saturated carbocycles. The SMILES string of the molecule is COC(=O)c1ccccc1NC(=O)CN(C(C)=O)c1cc(C)cc(C)c1. The number of para-hydroxylation sites is 1. The van der Waals surface area contributed by atoms with Gasteiger partial charge in [0, 0.05) is 12.6 Å². The highest BCUT2D eigenvalue weighted by Crippen LogP contribution is 2.20. The molecule has 0 fully saturated rings. The van der Waals surface area contributed by atoms with Crippen molar-refractivity contribution < 1.29 is 19.1 Å². The quantitative estimate of drug-likeness (QED) is 0.837. The van der Waals surface area contributed by atoms with Gasteiger partial charge in [-0.1, -0.05) is 18.2 Å². The van der Waals surface area contributed by atoms with E-state index in [4.69, 9.17) is 4.74 Å². The molecule has 2 aromatic carbocycles. The van der Waals surface area contributed by atoms with Gasteiger partial charge >= 0.3 is 5.97 Å². The number of esters is 1. The van der Waals surface area contributed by atoms with Crippen molar-refractivity contribution in [1.29, 1.82) is 0 Å². The largest absolute Gasteiger partial charge is 0.465 e. The first-order chi connectivity index (χ1) is 12.3. The third kappa shape index (κ3) is 4.69. The Labute approximate surface area is 152 Å². The number of hydrogen-bond acceptors (Lipinski definition) is 4. The first-order valence-corrected chi connectivity index (χ1v) is 8.15. The van der Waals surface area contributed by atoms with Gasteiger partial charge in [-0.15, -0.1) is 0 Å². The van der Waals surface area contributed by atoms with Gasteiger partial charge in [0.25, 0.3) is 0 Å². The fourth-order valence-corrected chi connectivity index (χ4v) is 2.70. The molecule has 136 valence electrons. The second-order valence-corrected chi connectivity index (χ2v) is 6.04. The number of rotatable bonds is 5. The highest BCUT2D eigenvalue weighted by molar-refractivity contribution is 6.05. The topological polar surface area (TPSA) is 75.7 Å². The summed E-state index contributed by atoms with van der Waals surface area (Å²) in [6, 6.07) is 12.3. The van der Waals surface area contributed by atoms with E-state index in [1.54, 1.807) is 24.3 Å². The van der Waals surface area contributed by atoms with Gasteiger partial charge in [0.2, 0.25) is 11.8 Å². The van der Waals surface area contributed by atoms with Crippen molar-refractivity contribution in [2.24, 2.45) is 0 Å². The number of carbonyl (C=O) groups excluding carboxylic acids is 3. The van der Waals surface area contributed by atoms with E-state index in [1.807, 2.05) is 32.0 Å². The number of benzene rings is 2. The fraction of sp³-hybridized carbons (Fsp3) is 0.250. The minimum Gasteiger partial charge on any atom is -0.465 e. The summed E-state index contributed by atoms with van der Waals surface area (Å²) in [5.41, 5.74) is 3.26. The molecule has 0 atom stereocenters. The van der Waals surface area contributed by atoms with Gasteiger partial charge in [-0.2, -0.15) is 0 Å². The van der Waals surface area contributed by atoms with Crippen LogP contribution in [0.5, 0.6) is 0 Å². The third-order valence-corrected chi connectivity index (χ3v) is 3.81. The average Bonchev–Trinajstić information content (AvgIpc) is 2.58. The van der Waals surface area contributed by atoms with Crippen molar-refractivity contribution in [2.75, 3.05) is 23.9 Å². The lowest BCUT2D eigenvalue weighted by atomic mass is 10.1. The van der Waals surface area contributed by atoms with Gasteiger partial charge < -0.3 is 15.0 Å². The molecule has 0 aromatic heterocycles. The third-order valence-electron chi connectivity index (χ3n) is 3.81. The lowest BCUT2D eigenvalue weighted by Crippen LogP contribution is -2.37. The Bertz CT molecular complexity index is 825. The molecule has 0 bridgehead atoms. The van der Waals surface area contributed by atoms with Crippen molar-refractivity contribution in [1.82, 2.24) is 0 Å². The smallest absolute Gasteiger partial charge is 0.339 e. The van der Waals surface area contributed by atoms with Gasteiger partial charge in [-0.25, -0.2) is 4.79 Å². The molecule has 0 radical (unpaired) electrons. The highest BCUT2D eigenvalue weighted by Gasteiger charge is 2.18. The number of methoxy groups -OCH3 is 1. The number of nitrogens with zero attached hydrogens (tertiary/aromatic N) is 1. The van der Waals surface area contributed by atoms with Crippen LogP contribution in [0, 0.1) is 13.8 Å². The summed E-state index contributed by atoms with van der Waals surface area (Å²) < 4.78 is 4.72. The molecule has 2 amide bonds. The molecule has 6 nitrogen and oxygen atoms in total. The summed E-state index contributed by atoms with van der Waals surface area (Å²) in [4.78, 5) is 37.7. The lowest BCUT2D eigenvalue weighted by molar-refractivity contribution is -0.120. The van der Waals surface area contributed by atoms with E-state index in [2.05, 4.69) is 5.32 Å². The summed E-state index contributed by atoms with van der Waals surface area (Å²) in [5.74, 6) is -1.19. The van der Waals surface area contributed by atoms with Crippen molar-refractivity contribution in [3.8, 4) is 0 Å². The second-order valence-electron chi connectivity index (χ2n) is 6.04. The summed E-state index contributed by atoms with van der Waals surface area (Å²) in [6.07, 6.45) is 0. The van der Waals surface area contributed by atoms with Crippen LogP contribution >= 0.6 is 0 Å². The maximum atomic E-state index is 12.5. The molecule has 0 aliphatic heterocycles. The van der Waals surface area contributed by atoms with Gasteiger partial charge in [0.05, 0.1) is 18.4 Å². The maximum absolute atomic E-state index is 12.5. The molecule has 6 heteroatoms. The minimum atomic E-state index is -0.543. The Balaban J connectivity index is 2.22. The molecule has 1 N–H and O–H groups in total. The van der Waals surface area contributed by atoms with Crippen molar-refractivity contribution in [3.63, 3.8) is 0 Å². The van der Waals surface area contributed by atoms with Gasteiger partial charge in [-0.3, -0.25) is 9.59 Å². The molecule has 2 rings (SSSR count). The number of ether oxygens (including phenoxy) is 1. The second kappa shape index (κ2) is 8.29. The number of anilines is 2. The summed E-state index contributed by atoms with van der Waals surface area (Å²) in [7, 11) is 1.28. The number of nitrogens with one attached hydrogen (secondary N) is 1. The molecule has 0 aliphatic carbocycles. The summed E-state index contributed by atoms with van der Waals surface area (Å²) >= 11 is 0. The summed E-state index contributed by atoms with van der Waals surface area (Å²) in [6.45, 7) is 5.12. The first-order valence-electron chi connectivity index (χ1n) is 8.15. The average molecular weight is 354 g/mol. The van der Waals surface area contributed by atoms with E-state index >= 15 is 0 Å². The van der Waals surface area contributed by atoms with Crippen LogP contribution in [0.2, 0.25) is 0 Å². The van der Waals surface area contributed by atoms with Crippen LogP contribution in [0.1, 0.15) is 28.4 Å². The van der Waals surface area contributed by atoms with Crippen LogP contribution < -0.4 is 10.2 Å². The zero-order valence-electron chi connectivity index (χ0n) is 15.3. The highest BCUT2D eigenvalue weighted by atomic mass is 16.5. The standard InChI is InChI=1S/C20H22N2O4/c1-13-9-14(2)11-16(10-13)22(15(3)23)12-19(24)21-18-8-6-5-7-17(18)20(25)26-4/h5-11H,12H2,1-4H3,(H,21,24). The minimum absolute atomic E-state index is 0.159. The first kappa shape index (κ1) is 19.2. The Hall–Kier alpha value is -3.15. The van der Waals surface area contributed by atoms with Crippen molar-refractivity contribution in [3.05, 3.63) is 59.2 Å². The molecule has 0 heterocycles. The Kier molecular flexibility index (Phi) is 6.11. The van der Waals surface area contributed by atoms with Crippen molar-refractivity contribution >= 4 is 29.2 Å². The molecule has 26 heavy (non-hydrogen) atoms. The normalized spacial score (nSPS) is 10.2. The Morgan fingerprint density at radius 1 is 1.04 bits per heavy atom. The fourth-order valence-electron chi connectivity index (χ4n) is 2.70. The van der Waals surface area contributed by atoms with Crippen LogP contribution in [-0.2, 0) is 14.3 Å². The number of amides is 2. The zero-order valence-corrected chi connectivity index (χ0v) is 15.3. The molecule has 2 aromatic rings. The van der Waals surface area contributed by atoms with Crippen LogP contribution in [0.3, 0.4) is 0 Å². The van der Waals surface area contributed by atoms with Crippen molar-refractivity contribution in [2.45, 2.75) is 20.8 Å². The Morgan fingerprint density at radius 2 is 1.65 bits per heavy atom. The van der Waals surface area contributed by atoms with Crippen LogP contribution in [0.4, 0.5) is 11.4 Å². The molecular weight excluding hydrogens is 332 g/mol. The molecule has 0 spiro atoms. The van der Waals surface area contributed by atoms with E-state index in [1.165, 1.54) is 18.9 Å². The molecular formula is C20H22N2O4. The molecule has 0 saturated heterocycles. The van der Waals surface area contributed by atoms with Crippen LogP contribution in [0.25, 0.3) is 0 Å². The number of hydrogen-bond donors (Lipinski definition) is 1. The van der Waals surface area contributed by atoms with Crippen LogP contribution in [0.15, 0.2) is 42.5 Å². The van der Waals surface area contributed by atoms with E-state index in [-0.39, 0.29) is 18.0 Å². The van der Waals surface area contributed by atoms with E-state index in [0.29, 0.717) is 11.4 Å². The predicted molar refractivity (Wildman–Crippen MR) is 100 cm³/mol. The van der Waals surface area contributed by atoms with Crippen LogP contribution in [-0.4, -0.2) is 31.4 Å². The predicted octanol–water partition coefficient (Wildman–Crippen LogP) is 3.08. The van der Waals surface area contributed by atoms with Gasteiger partial charge in [0.15, 0.2) is 0 Å².